The Morgan fingerprint density at radius 2 is 2.60 bits per heavy atom. The summed E-state index contributed by atoms with van der Waals surface area (Å²) in [6.45, 7) is 0. The molecule has 0 saturated heterocycles. The van der Waals surface area contributed by atoms with Crippen molar-refractivity contribution >= 4 is 28.7 Å². The molecular weight excluding hydrogens is 170 g/mol. The molecule has 0 N–H and O–H groups in total. The van der Waals surface area contributed by atoms with Crippen molar-refractivity contribution in [2.45, 2.75) is 6.42 Å². The molecule has 0 spiro atoms. The number of aromatic nitrogens is 1. The Balaban J connectivity index is 2.48. The molecule has 0 radical (unpaired) electrons. The number of hydrogen-bond acceptors (Lipinski definition) is 3. The van der Waals surface area contributed by atoms with Crippen LogP contribution in [0.1, 0.15) is 5.01 Å². The van der Waals surface area contributed by atoms with Gasteiger partial charge in [0.1, 0.15) is 0 Å². The first-order chi connectivity index (χ1) is 4.83. The minimum atomic E-state index is 0.0246. The van der Waals surface area contributed by atoms with E-state index in [-0.39, 0.29) is 11.7 Å². The molecule has 0 aliphatic rings. The largest absolute Gasteiger partial charge is 0.298 e. The van der Waals surface area contributed by atoms with Gasteiger partial charge in [-0.25, -0.2) is 4.98 Å². The molecule has 1 aromatic rings. The molecule has 0 unspecified atom stereocenters. The van der Waals surface area contributed by atoms with Crippen LogP contribution in [0, 0.1) is 0 Å². The van der Waals surface area contributed by atoms with E-state index in [1.807, 2.05) is 5.38 Å². The van der Waals surface area contributed by atoms with Gasteiger partial charge in [-0.1, -0.05) is 0 Å². The zero-order chi connectivity index (χ0) is 7.40. The number of carbonyl (C=O) groups is 1. The van der Waals surface area contributed by atoms with E-state index >= 15 is 0 Å². The Hall–Kier alpha value is -0.410. The normalized spacial score (nSPS) is 9.70. The van der Waals surface area contributed by atoms with Gasteiger partial charge < -0.3 is 0 Å². The quantitative estimate of drug-likeness (QED) is 0.652. The number of carbonyl (C=O) groups excluding carboxylic acids is 1. The third-order valence-electron chi connectivity index (χ3n) is 0.981. The monoisotopic (exact) mass is 175 g/mol. The number of rotatable bonds is 3. The van der Waals surface area contributed by atoms with E-state index in [9.17, 15) is 4.79 Å². The Bertz CT molecular complexity index is 210. The van der Waals surface area contributed by atoms with Crippen LogP contribution in [0.25, 0.3) is 0 Å². The maximum atomic E-state index is 10.7. The summed E-state index contributed by atoms with van der Waals surface area (Å²) in [5.74, 6) is 0.108. The van der Waals surface area contributed by atoms with Crippen molar-refractivity contribution < 1.29 is 4.79 Å². The van der Waals surface area contributed by atoms with Gasteiger partial charge in [0.25, 0.3) is 0 Å². The third kappa shape index (κ3) is 2.08. The molecule has 10 heavy (non-hydrogen) atoms. The standard InChI is InChI=1S/C6H6ClNOS/c7-4-5(9)3-6-8-1-2-10-6/h1-2H,3-4H2. The zero-order valence-electron chi connectivity index (χ0n) is 5.21. The molecule has 0 saturated carbocycles. The molecule has 0 fully saturated rings. The Kier molecular flexibility index (Phi) is 2.83. The first-order valence-corrected chi connectivity index (χ1v) is 4.20. The summed E-state index contributed by atoms with van der Waals surface area (Å²) in [6, 6.07) is 0. The topological polar surface area (TPSA) is 30.0 Å². The van der Waals surface area contributed by atoms with E-state index in [1.54, 1.807) is 6.20 Å². The zero-order valence-corrected chi connectivity index (χ0v) is 6.78. The van der Waals surface area contributed by atoms with Crippen molar-refractivity contribution in [2.24, 2.45) is 0 Å². The van der Waals surface area contributed by atoms with Crippen LogP contribution in [0.5, 0.6) is 0 Å². The SMILES string of the molecule is O=C(CCl)Cc1nccs1. The van der Waals surface area contributed by atoms with Gasteiger partial charge in [0.05, 0.1) is 17.3 Å². The highest BCUT2D eigenvalue weighted by Crippen LogP contribution is 2.04. The van der Waals surface area contributed by atoms with Crippen molar-refractivity contribution in [3.05, 3.63) is 16.6 Å². The van der Waals surface area contributed by atoms with E-state index in [1.165, 1.54) is 11.3 Å². The second-order valence-electron chi connectivity index (χ2n) is 1.77. The van der Waals surface area contributed by atoms with Gasteiger partial charge in [-0.2, -0.15) is 0 Å². The van der Waals surface area contributed by atoms with Gasteiger partial charge in [-0.05, 0) is 0 Å². The van der Waals surface area contributed by atoms with E-state index in [0.29, 0.717) is 6.42 Å². The average Bonchev–Trinajstić information content (AvgIpc) is 2.40. The van der Waals surface area contributed by atoms with Crippen molar-refractivity contribution in [1.82, 2.24) is 4.98 Å². The van der Waals surface area contributed by atoms with Crippen LogP contribution in [0.15, 0.2) is 11.6 Å². The van der Waals surface area contributed by atoms with Gasteiger partial charge in [0.2, 0.25) is 0 Å². The summed E-state index contributed by atoms with van der Waals surface area (Å²) < 4.78 is 0. The first-order valence-electron chi connectivity index (χ1n) is 2.79. The molecule has 0 bridgehead atoms. The molecule has 2 nitrogen and oxygen atoms in total. The van der Waals surface area contributed by atoms with Gasteiger partial charge in [-0.15, -0.1) is 22.9 Å². The number of alkyl halides is 1. The lowest BCUT2D eigenvalue weighted by Crippen LogP contribution is -2.02. The molecule has 0 amide bonds. The second kappa shape index (κ2) is 3.68. The summed E-state index contributed by atoms with van der Waals surface area (Å²) in [5, 5.41) is 2.68. The Morgan fingerprint density at radius 3 is 3.10 bits per heavy atom. The molecule has 0 aliphatic carbocycles. The molecule has 1 rings (SSSR count). The van der Waals surface area contributed by atoms with E-state index in [0.717, 1.165) is 5.01 Å². The molecule has 1 aromatic heterocycles. The van der Waals surface area contributed by atoms with Gasteiger partial charge >= 0.3 is 0 Å². The molecule has 54 valence electrons. The molecule has 0 aromatic carbocycles. The summed E-state index contributed by atoms with van der Waals surface area (Å²) >= 11 is 6.77. The lowest BCUT2D eigenvalue weighted by atomic mass is 10.3. The number of ketones is 1. The number of Topliss-reactive ketones (excluding diaryl/α,β-unsaturated/α-hetero) is 1. The Morgan fingerprint density at radius 1 is 1.80 bits per heavy atom. The van der Waals surface area contributed by atoms with E-state index < -0.39 is 0 Å². The summed E-state index contributed by atoms with van der Waals surface area (Å²) in [6.07, 6.45) is 2.06. The average molecular weight is 176 g/mol. The van der Waals surface area contributed by atoms with Crippen LogP contribution < -0.4 is 0 Å². The fraction of sp³-hybridized carbons (Fsp3) is 0.333. The number of hydrogen-bond donors (Lipinski definition) is 0. The second-order valence-corrected chi connectivity index (χ2v) is 3.02. The van der Waals surface area contributed by atoms with Crippen LogP contribution in [0.4, 0.5) is 0 Å². The fourth-order valence-corrected chi connectivity index (χ4v) is 1.30. The molecule has 4 heteroatoms. The smallest absolute Gasteiger partial charge is 0.154 e. The van der Waals surface area contributed by atoms with Gasteiger partial charge in [0, 0.05) is 11.6 Å². The third-order valence-corrected chi connectivity index (χ3v) is 2.06. The fourth-order valence-electron chi connectivity index (χ4n) is 0.556. The maximum absolute atomic E-state index is 10.7. The van der Waals surface area contributed by atoms with Crippen molar-refractivity contribution in [1.29, 1.82) is 0 Å². The van der Waals surface area contributed by atoms with Gasteiger partial charge in [0.15, 0.2) is 5.78 Å². The number of halogens is 1. The Labute approximate surface area is 67.9 Å². The predicted molar refractivity (Wildman–Crippen MR) is 41.5 cm³/mol. The van der Waals surface area contributed by atoms with Crippen molar-refractivity contribution in [3.63, 3.8) is 0 Å². The van der Waals surface area contributed by atoms with Crippen LogP contribution in [0.3, 0.4) is 0 Å². The molecule has 0 atom stereocenters. The lowest BCUT2D eigenvalue weighted by molar-refractivity contribution is -0.116. The van der Waals surface area contributed by atoms with Crippen molar-refractivity contribution in [3.8, 4) is 0 Å². The highest BCUT2D eigenvalue weighted by Gasteiger charge is 2.02. The first kappa shape index (κ1) is 7.69. The van der Waals surface area contributed by atoms with Crippen LogP contribution >= 0.6 is 22.9 Å². The van der Waals surface area contributed by atoms with Crippen LogP contribution in [-0.4, -0.2) is 16.6 Å². The maximum Gasteiger partial charge on any atom is 0.154 e. The minimum absolute atomic E-state index is 0.0246. The summed E-state index contributed by atoms with van der Waals surface area (Å²) in [7, 11) is 0. The van der Waals surface area contributed by atoms with Crippen molar-refractivity contribution in [2.75, 3.05) is 5.88 Å². The molecule has 0 aliphatic heterocycles. The highest BCUT2D eigenvalue weighted by atomic mass is 35.5. The lowest BCUT2D eigenvalue weighted by Gasteiger charge is -1.88. The van der Waals surface area contributed by atoms with E-state index in [4.69, 9.17) is 11.6 Å². The number of nitrogens with zero attached hydrogens (tertiary/aromatic N) is 1. The highest BCUT2D eigenvalue weighted by molar-refractivity contribution is 7.09. The van der Waals surface area contributed by atoms with E-state index in [2.05, 4.69) is 4.98 Å². The van der Waals surface area contributed by atoms with Gasteiger partial charge in [-0.3, -0.25) is 4.79 Å². The molecular formula is C6H6ClNOS. The summed E-state index contributed by atoms with van der Waals surface area (Å²) in [4.78, 5) is 14.7. The number of thiazole rings is 1. The minimum Gasteiger partial charge on any atom is -0.298 e. The molecule has 1 heterocycles. The van der Waals surface area contributed by atoms with Crippen LogP contribution in [0.2, 0.25) is 0 Å². The predicted octanol–water partition coefficient (Wildman–Crippen LogP) is 1.49. The van der Waals surface area contributed by atoms with Crippen LogP contribution in [-0.2, 0) is 11.2 Å². The summed E-state index contributed by atoms with van der Waals surface area (Å²) in [5.41, 5.74) is 0.